The van der Waals surface area contributed by atoms with E-state index >= 15 is 0 Å². The van der Waals surface area contributed by atoms with Gasteiger partial charge in [-0.1, -0.05) is 0 Å². The van der Waals surface area contributed by atoms with Crippen LogP contribution >= 0.6 is 0 Å². The second-order valence-corrected chi connectivity index (χ2v) is 8.01. The lowest BCUT2D eigenvalue weighted by atomic mass is 10.2. The van der Waals surface area contributed by atoms with Gasteiger partial charge in [0.25, 0.3) is 0 Å². The molecule has 1 aliphatic rings. The highest BCUT2D eigenvalue weighted by molar-refractivity contribution is 7.89. The summed E-state index contributed by atoms with van der Waals surface area (Å²) < 4.78 is 55.4. The van der Waals surface area contributed by atoms with Crippen molar-refractivity contribution >= 4 is 16.0 Å². The van der Waals surface area contributed by atoms with Crippen molar-refractivity contribution < 1.29 is 31.8 Å². The average Bonchev–Trinajstić information content (AvgIpc) is 2.73. The summed E-state index contributed by atoms with van der Waals surface area (Å²) in [7, 11) is -2.19. The normalized spacial score (nSPS) is 15.2. The van der Waals surface area contributed by atoms with Crippen LogP contribution in [0.15, 0.2) is 47.4 Å². The Morgan fingerprint density at radius 2 is 1.82 bits per heavy atom. The lowest BCUT2D eigenvalue weighted by Crippen LogP contribution is -2.40. The van der Waals surface area contributed by atoms with Gasteiger partial charge in [0.15, 0.2) is 0 Å². The molecular weight excluding hydrogens is 389 g/mol. The highest BCUT2D eigenvalue weighted by Crippen LogP contribution is 2.21. The fourth-order valence-corrected chi connectivity index (χ4v) is 4.19. The number of rotatable bonds is 6. The van der Waals surface area contributed by atoms with Crippen LogP contribution in [-0.2, 0) is 26.1 Å². The van der Waals surface area contributed by atoms with E-state index in [1.165, 1.54) is 53.9 Å². The molecule has 28 heavy (non-hydrogen) atoms. The zero-order valence-electron chi connectivity index (χ0n) is 15.3. The molecule has 2 aromatic rings. The van der Waals surface area contributed by atoms with Crippen LogP contribution in [0.25, 0.3) is 0 Å². The molecule has 2 aromatic carbocycles. The van der Waals surface area contributed by atoms with E-state index in [0.717, 1.165) is 0 Å². The summed E-state index contributed by atoms with van der Waals surface area (Å²) >= 11 is 0. The second-order valence-electron chi connectivity index (χ2n) is 6.07. The first-order valence-electron chi connectivity index (χ1n) is 8.59. The maximum absolute atomic E-state index is 13.4. The largest absolute Gasteiger partial charge is 0.496 e. The van der Waals surface area contributed by atoms with Crippen molar-refractivity contribution in [3.05, 3.63) is 59.4 Å². The summed E-state index contributed by atoms with van der Waals surface area (Å²) in [5.41, 5.74) is 0.582. The Kier molecular flexibility index (Phi) is 6.28. The lowest BCUT2D eigenvalue weighted by Gasteiger charge is -2.26. The Morgan fingerprint density at radius 1 is 1.14 bits per heavy atom. The molecule has 0 aromatic heterocycles. The summed E-state index contributed by atoms with van der Waals surface area (Å²) in [4.78, 5) is 12.3. The van der Waals surface area contributed by atoms with Gasteiger partial charge in [-0.05, 0) is 42.5 Å². The van der Waals surface area contributed by atoms with Crippen molar-refractivity contribution in [1.29, 1.82) is 0 Å². The number of nitrogens with zero attached hydrogens (tertiary/aromatic N) is 1. The minimum absolute atomic E-state index is 0.0951. The van der Waals surface area contributed by atoms with Gasteiger partial charge in [0.05, 0.1) is 30.8 Å². The van der Waals surface area contributed by atoms with Gasteiger partial charge in [-0.15, -0.1) is 0 Å². The minimum atomic E-state index is -3.63. The molecule has 0 atom stereocenters. The first-order valence-corrected chi connectivity index (χ1v) is 10.0. The number of morpholine rings is 1. The third-order valence-corrected chi connectivity index (χ3v) is 6.21. The number of benzene rings is 2. The molecule has 9 heteroatoms. The minimum Gasteiger partial charge on any atom is -0.496 e. The topological polar surface area (TPSA) is 82.1 Å². The predicted molar refractivity (Wildman–Crippen MR) is 98.1 cm³/mol. The van der Waals surface area contributed by atoms with Crippen LogP contribution in [0.2, 0.25) is 0 Å². The molecule has 0 N–H and O–H groups in total. The first kappa shape index (κ1) is 20.2. The maximum Gasteiger partial charge on any atom is 0.338 e. The van der Waals surface area contributed by atoms with E-state index in [0.29, 0.717) is 37.6 Å². The van der Waals surface area contributed by atoms with E-state index < -0.39 is 21.8 Å². The molecule has 150 valence electrons. The fourth-order valence-electron chi connectivity index (χ4n) is 2.79. The smallest absolute Gasteiger partial charge is 0.338 e. The third kappa shape index (κ3) is 4.49. The number of hydrogen-bond donors (Lipinski definition) is 0. The summed E-state index contributed by atoms with van der Waals surface area (Å²) in [5, 5.41) is 0. The van der Waals surface area contributed by atoms with E-state index in [1.807, 2.05) is 0 Å². The zero-order chi connectivity index (χ0) is 20.1. The molecule has 1 saturated heterocycles. The second kappa shape index (κ2) is 8.68. The van der Waals surface area contributed by atoms with E-state index in [4.69, 9.17) is 14.2 Å². The molecule has 0 saturated carbocycles. The molecule has 1 heterocycles. The lowest BCUT2D eigenvalue weighted by molar-refractivity contribution is 0.0469. The average molecular weight is 409 g/mol. The molecular formula is C19H20FNO6S. The molecule has 3 rings (SSSR count). The van der Waals surface area contributed by atoms with Crippen LogP contribution in [0.1, 0.15) is 15.9 Å². The van der Waals surface area contributed by atoms with Crippen molar-refractivity contribution in [2.45, 2.75) is 11.5 Å². The Morgan fingerprint density at radius 3 is 2.46 bits per heavy atom. The van der Waals surface area contributed by atoms with E-state index in [-0.39, 0.29) is 17.1 Å². The van der Waals surface area contributed by atoms with Crippen molar-refractivity contribution in [2.75, 3.05) is 33.4 Å². The highest BCUT2D eigenvalue weighted by atomic mass is 32.2. The number of sulfonamides is 1. The number of halogens is 1. The van der Waals surface area contributed by atoms with Crippen LogP contribution in [0.3, 0.4) is 0 Å². The van der Waals surface area contributed by atoms with Crippen LogP contribution in [0, 0.1) is 5.82 Å². The zero-order valence-corrected chi connectivity index (χ0v) is 16.1. The summed E-state index contributed by atoms with van der Waals surface area (Å²) in [6, 6.07) is 9.43. The number of ether oxygens (including phenoxy) is 3. The Labute approximate surface area is 162 Å². The monoisotopic (exact) mass is 409 g/mol. The molecule has 0 spiro atoms. The van der Waals surface area contributed by atoms with E-state index in [1.54, 1.807) is 0 Å². The quantitative estimate of drug-likeness (QED) is 0.681. The van der Waals surface area contributed by atoms with Crippen LogP contribution < -0.4 is 4.74 Å². The summed E-state index contributed by atoms with van der Waals surface area (Å²) in [5.74, 6) is -0.715. The molecule has 0 amide bonds. The van der Waals surface area contributed by atoms with Gasteiger partial charge in [-0.3, -0.25) is 0 Å². The Balaban J connectivity index is 1.68. The van der Waals surface area contributed by atoms with Crippen LogP contribution in [0.5, 0.6) is 5.75 Å². The number of esters is 1. The molecule has 0 bridgehead atoms. The first-order chi connectivity index (χ1) is 13.4. The fraction of sp³-hybridized carbons (Fsp3) is 0.316. The van der Waals surface area contributed by atoms with Gasteiger partial charge in [0.2, 0.25) is 10.0 Å². The van der Waals surface area contributed by atoms with Crippen LogP contribution in [0.4, 0.5) is 4.39 Å². The number of carbonyl (C=O) groups is 1. The van der Waals surface area contributed by atoms with Crippen molar-refractivity contribution in [1.82, 2.24) is 4.31 Å². The maximum atomic E-state index is 13.4. The molecule has 0 unspecified atom stereocenters. The predicted octanol–water partition coefficient (Wildman–Crippen LogP) is 2.21. The molecule has 1 aliphatic heterocycles. The summed E-state index contributed by atoms with van der Waals surface area (Å²) in [6.45, 7) is 1.12. The highest BCUT2D eigenvalue weighted by Gasteiger charge is 2.26. The Hall–Kier alpha value is -2.49. The number of methoxy groups -OCH3 is 1. The van der Waals surface area contributed by atoms with Gasteiger partial charge in [0.1, 0.15) is 18.2 Å². The van der Waals surface area contributed by atoms with Crippen molar-refractivity contribution in [3.8, 4) is 5.75 Å². The van der Waals surface area contributed by atoms with Gasteiger partial charge in [-0.2, -0.15) is 4.31 Å². The molecule has 0 aliphatic carbocycles. The Bertz CT molecular complexity index is 939. The third-order valence-electron chi connectivity index (χ3n) is 4.30. The standard InChI is InChI=1S/C19H20FNO6S/c1-25-18-7-4-16(20)12-15(18)13-27-19(22)14-2-5-17(6-3-14)28(23,24)21-8-10-26-11-9-21/h2-7,12H,8-11,13H2,1H3. The molecule has 7 nitrogen and oxygen atoms in total. The SMILES string of the molecule is COc1ccc(F)cc1COC(=O)c1ccc(S(=O)(=O)N2CCOCC2)cc1. The summed E-state index contributed by atoms with van der Waals surface area (Å²) in [6.07, 6.45) is 0. The van der Waals surface area contributed by atoms with Gasteiger partial charge in [0, 0.05) is 18.7 Å². The number of carbonyl (C=O) groups excluding carboxylic acids is 1. The van der Waals surface area contributed by atoms with Gasteiger partial charge < -0.3 is 14.2 Å². The van der Waals surface area contributed by atoms with E-state index in [9.17, 15) is 17.6 Å². The number of hydrogen-bond acceptors (Lipinski definition) is 6. The van der Waals surface area contributed by atoms with Crippen molar-refractivity contribution in [3.63, 3.8) is 0 Å². The van der Waals surface area contributed by atoms with Gasteiger partial charge >= 0.3 is 5.97 Å². The van der Waals surface area contributed by atoms with Crippen LogP contribution in [-0.4, -0.2) is 52.1 Å². The molecule has 0 radical (unpaired) electrons. The van der Waals surface area contributed by atoms with Crippen molar-refractivity contribution in [2.24, 2.45) is 0 Å². The van der Waals surface area contributed by atoms with Gasteiger partial charge in [-0.25, -0.2) is 17.6 Å². The van der Waals surface area contributed by atoms with E-state index in [2.05, 4.69) is 0 Å². The molecule has 1 fully saturated rings.